The molecule has 0 saturated carbocycles. The molecule has 2 aromatic heterocycles. The Kier molecular flexibility index (Phi) is 5.53. The Morgan fingerprint density at radius 1 is 1.46 bits per heavy atom. The van der Waals surface area contributed by atoms with E-state index in [1.807, 2.05) is 24.4 Å². The Bertz CT molecular complexity index is 743. The molecule has 1 aliphatic heterocycles. The van der Waals surface area contributed by atoms with Crippen LogP contribution in [0.15, 0.2) is 17.5 Å². The SMILES string of the molecule is CCC(=O)N1CCCC(C(=O)Nc2nc(-c3ccc(Cl)s3)cs2)C1. The molecule has 1 unspecified atom stereocenters. The molecule has 0 bridgehead atoms. The van der Waals surface area contributed by atoms with Crippen LogP contribution >= 0.6 is 34.3 Å². The number of carbonyl (C=O) groups is 2. The number of rotatable bonds is 4. The van der Waals surface area contributed by atoms with Gasteiger partial charge < -0.3 is 10.2 Å². The average Bonchev–Trinajstić information content (AvgIpc) is 3.23. The van der Waals surface area contributed by atoms with Gasteiger partial charge in [-0.05, 0) is 25.0 Å². The minimum Gasteiger partial charge on any atom is -0.342 e. The van der Waals surface area contributed by atoms with Crippen molar-refractivity contribution in [2.45, 2.75) is 26.2 Å². The lowest BCUT2D eigenvalue weighted by Crippen LogP contribution is -2.43. The molecule has 0 spiro atoms. The van der Waals surface area contributed by atoms with E-state index in [4.69, 9.17) is 11.6 Å². The largest absolute Gasteiger partial charge is 0.342 e. The molecule has 5 nitrogen and oxygen atoms in total. The zero-order chi connectivity index (χ0) is 17.1. The number of likely N-dealkylation sites (tertiary alicyclic amines) is 1. The van der Waals surface area contributed by atoms with E-state index in [9.17, 15) is 9.59 Å². The number of piperidine rings is 1. The molecular weight excluding hydrogens is 366 g/mol. The molecule has 2 amide bonds. The van der Waals surface area contributed by atoms with Gasteiger partial charge in [-0.3, -0.25) is 9.59 Å². The molecule has 24 heavy (non-hydrogen) atoms. The van der Waals surface area contributed by atoms with E-state index in [1.54, 1.807) is 4.90 Å². The second-order valence-electron chi connectivity index (χ2n) is 5.66. The van der Waals surface area contributed by atoms with Gasteiger partial charge in [-0.15, -0.1) is 22.7 Å². The van der Waals surface area contributed by atoms with Crippen LogP contribution in [0.5, 0.6) is 0 Å². The van der Waals surface area contributed by atoms with Crippen molar-refractivity contribution < 1.29 is 9.59 Å². The van der Waals surface area contributed by atoms with Crippen molar-refractivity contribution in [3.05, 3.63) is 21.8 Å². The fourth-order valence-corrected chi connectivity index (χ4v) is 4.54. The van der Waals surface area contributed by atoms with E-state index in [1.165, 1.54) is 22.7 Å². The summed E-state index contributed by atoms with van der Waals surface area (Å²) in [6, 6.07) is 3.75. The summed E-state index contributed by atoms with van der Waals surface area (Å²) in [7, 11) is 0. The molecule has 128 valence electrons. The summed E-state index contributed by atoms with van der Waals surface area (Å²) in [6.45, 7) is 3.09. The Hall–Kier alpha value is -1.44. The third kappa shape index (κ3) is 3.96. The van der Waals surface area contributed by atoms with Crippen molar-refractivity contribution in [2.24, 2.45) is 5.92 Å². The van der Waals surface area contributed by atoms with Gasteiger partial charge in [0.15, 0.2) is 5.13 Å². The first-order chi connectivity index (χ1) is 11.6. The molecule has 3 heterocycles. The van der Waals surface area contributed by atoms with Gasteiger partial charge in [0, 0.05) is 24.9 Å². The zero-order valence-electron chi connectivity index (χ0n) is 13.3. The summed E-state index contributed by atoms with van der Waals surface area (Å²) in [5, 5.41) is 5.38. The third-order valence-corrected chi connectivity index (χ3v) is 6.02. The van der Waals surface area contributed by atoms with Gasteiger partial charge in [0.2, 0.25) is 11.8 Å². The number of thiophene rings is 1. The quantitative estimate of drug-likeness (QED) is 0.864. The lowest BCUT2D eigenvalue weighted by Gasteiger charge is -2.31. The number of carbonyl (C=O) groups excluding carboxylic acids is 2. The molecule has 1 aliphatic rings. The standard InChI is InChI=1S/C16H18ClN3O2S2/c1-2-14(21)20-7-3-4-10(8-20)15(22)19-16-18-11(9-23-16)12-5-6-13(17)24-12/h5-6,9-10H,2-4,7-8H2,1H3,(H,18,19,22). The van der Waals surface area contributed by atoms with Gasteiger partial charge in [0.25, 0.3) is 0 Å². The van der Waals surface area contributed by atoms with E-state index in [2.05, 4.69) is 10.3 Å². The molecule has 8 heteroatoms. The normalized spacial score (nSPS) is 17.8. The van der Waals surface area contributed by atoms with Crippen LogP contribution in [-0.4, -0.2) is 34.8 Å². The zero-order valence-corrected chi connectivity index (χ0v) is 15.6. The fraction of sp³-hybridized carbons (Fsp3) is 0.438. The smallest absolute Gasteiger partial charge is 0.231 e. The van der Waals surface area contributed by atoms with E-state index in [0.29, 0.717) is 22.4 Å². The molecule has 1 saturated heterocycles. The molecule has 1 N–H and O–H groups in total. The van der Waals surface area contributed by atoms with Crippen LogP contribution in [-0.2, 0) is 9.59 Å². The van der Waals surface area contributed by atoms with Gasteiger partial charge in [-0.25, -0.2) is 4.98 Å². The van der Waals surface area contributed by atoms with Crippen molar-refractivity contribution >= 4 is 51.2 Å². The minimum absolute atomic E-state index is 0.0614. The van der Waals surface area contributed by atoms with Crippen LogP contribution in [0, 0.1) is 5.92 Å². The molecule has 0 radical (unpaired) electrons. The highest BCUT2D eigenvalue weighted by Gasteiger charge is 2.28. The Balaban J connectivity index is 1.62. The summed E-state index contributed by atoms with van der Waals surface area (Å²) < 4.78 is 0.714. The maximum absolute atomic E-state index is 12.5. The highest BCUT2D eigenvalue weighted by Crippen LogP contribution is 2.33. The Morgan fingerprint density at radius 3 is 3.00 bits per heavy atom. The van der Waals surface area contributed by atoms with Gasteiger partial charge >= 0.3 is 0 Å². The van der Waals surface area contributed by atoms with Gasteiger partial charge in [-0.1, -0.05) is 18.5 Å². The molecule has 0 aliphatic carbocycles. The number of anilines is 1. The first-order valence-corrected chi connectivity index (χ1v) is 9.94. The molecule has 0 aromatic carbocycles. The number of aromatic nitrogens is 1. The molecule has 3 rings (SSSR count). The van der Waals surface area contributed by atoms with Crippen molar-refractivity contribution in [1.29, 1.82) is 0 Å². The van der Waals surface area contributed by atoms with Crippen LogP contribution in [0.2, 0.25) is 4.34 Å². The Morgan fingerprint density at radius 2 is 2.29 bits per heavy atom. The summed E-state index contributed by atoms with van der Waals surface area (Å²) in [5.41, 5.74) is 0.818. The maximum atomic E-state index is 12.5. The maximum Gasteiger partial charge on any atom is 0.231 e. The summed E-state index contributed by atoms with van der Waals surface area (Å²) >= 11 is 8.80. The molecule has 2 aromatic rings. The number of thiazole rings is 1. The van der Waals surface area contributed by atoms with E-state index in [-0.39, 0.29) is 17.7 Å². The number of hydrogen-bond donors (Lipinski definition) is 1. The van der Waals surface area contributed by atoms with Crippen LogP contribution in [0.1, 0.15) is 26.2 Å². The van der Waals surface area contributed by atoms with Crippen LogP contribution < -0.4 is 5.32 Å². The van der Waals surface area contributed by atoms with Crippen molar-refractivity contribution in [2.75, 3.05) is 18.4 Å². The second-order valence-corrected chi connectivity index (χ2v) is 8.24. The Labute approximate surface area is 153 Å². The predicted molar refractivity (Wildman–Crippen MR) is 98.7 cm³/mol. The van der Waals surface area contributed by atoms with E-state index >= 15 is 0 Å². The van der Waals surface area contributed by atoms with Crippen LogP contribution in [0.4, 0.5) is 5.13 Å². The van der Waals surface area contributed by atoms with Crippen molar-refractivity contribution in [1.82, 2.24) is 9.88 Å². The highest BCUT2D eigenvalue weighted by atomic mass is 35.5. The third-order valence-electron chi connectivity index (χ3n) is 4.01. The average molecular weight is 384 g/mol. The number of nitrogens with zero attached hydrogens (tertiary/aromatic N) is 2. The van der Waals surface area contributed by atoms with Gasteiger partial charge in [0.1, 0.15) is 0 Å². The molecule has 1 fully saturated rings. The van der Waals surface area contributed by atoms with Crippen molar-refractivity contribution in [3.8, 4) is 10.6 Å². The van der Waals surface area contributed by atoms with Gasteiger partial charge in [0.05, 0.1) is 20.8 Å². The minimum atomic E-state index is -0.169. The number of hydrogen-bond acceptors (Lipinski definition) is 5. The second kappa shape index (κ2) is 7.63. The fourth-order valence-electron chi connectivity index (χ4n) is 2.75. The highest BCUT2D eigenvalue weighted by molar-refractivity contribution is 7.20. The lowest BCUT2D eigenvalue weighted by molar-refractivity contribution is -0.134. The number of nitrogens with one attached hydrogen (secondary N) is 1. The summed E-state index contributed by atoms with van der Waals surface area (Å²) in [4.78, 5) is 31.5. The van der Waals surface area contributed by atoms with Gasteiger partial charge in [-0.2, -0.15) is 0 Å². The first-order valence-electron chi connectivity index (χ1n) is 7.86. The number of amides is 2. The first kappa shape index (κ1) is 17.4. The monoisotopic (exact) mass is 383 g/mol. The lowest BCUT2D eigenvalue weighted by atomic mass is 9.97. The van der Waals surface area contributed by atoms with E-state index < -0.39 is 0 Å². The number of halogens is 1. The summed E-state index contributed by atoms with van der Waals surface area (Å²) in [5.74, 6) is -0.120. The van der Waals surface area contributed by atoms with Crippen LogP contribution in [0.3, 0.4) is 0 Å². The van der Waals surface area contributed by atoms with Crippen molar-refractivity contribution in [3.63, 3.8) is 0 Å². The summed E-state index contributed by atoms with van der Waals surface area (Å²) in [6.07, 6.45) is 2.15. The topological polar surface area (TPSA) is 62.3 Å². The molecule has 1 atom stereocenters. The molecular formula is C16H18ClN3O2S2. The predicted octanol–water partition coefficient (Wildman–Crippen LogP) is 4.11. The van der Waals surface area contributed by atoms with E-state index in [0.717, 1.165) is 30.0 Å². The van der Waals surface area contributed by atoms with Crippen LogP contribution in [0.25, 0.3) is 10.6 Å².